The van der Waals surface area contributed by atoms with Crippen LogP contribution in [0.5, 0.6) is 0 Å². The van der Waals surface area contributed by atoms with E-state index in [1.165, 1.54) is 13.1 Å². The molecule has 0 bridgehead atoms. The summed E-state index contributed by atoms with van der Waals surface area (Å²) in [5, 5.41) is 0.997. The van der Waals surface area contributed by atoms with Gasteiger partial charge in [-0.05, 0) is 32.9 Å². The van der Waals surface area contributed by atoms with Gasteiger partial charge in [0.1, 0.15) is 17.2 Å². The van der Waals surface area contributed by atoms with Gasteiger partial charge < -0.3 is 20.5 Å². The highest BCUT2D eigenvalue weighted by Crippen LogP contribution is 2.32. The first-order valence-corrected chi connectivity index (χ1v) is 10.5. The Balaban J connectivity index is 2.08. The maximum absolute atomic E-state index is 15.0. The minimum Gasteiger partial charge on any atom is -0.365 e. The van der Waals surface area contributed by atoms with E-state index >= 15 is 4.39 Å². The molecule has 0 fully saturated rings. The van der Waals surface area contributed by atoms with Gasteiger partial charge in [0.25, 0.3) is 5.91 Å². The molecule has 3 aromatic heterocycles. The number of nitrogens with two attached hydrogens (primary N) is 1. The van der Waals surface area contributed by atoms with E-state index in [9.17, 15) is 9.59 Å². The fourth-order valence-electron chi connectivity index (χ4n) is 4.07. The average molecular weight is 461 g/mol. The lowest BCUT2D eigenvalue weighted by Crippen LogP contribution is -2.47. The summed E-state index contributed by atoms with van der Waals surface area (Å²) in [6.45, 7) is 7.63. The zero-order valence-corrected chi connectivity index (χ0v) is 19.4. The van der Waals surface area contributed by atoms with E-state index in [0.717, 1.165) is 6.07 Å². The Morgan fingerprint density at radius 2 is 1.97 bits per heavy atom. The lowest BCUT2D eigenvalue weighted by atomic mass is 10.1. The van der Waals surface area contributed by atoms with Crippen molar-refractivity contribution in [3.05, 3.63) is 40.9 Å². The van der Waals surface area contributed by atoms with E-state index in [-0.39, 0.29) is 35.1 Å². The smallest absolute Gasteiger partial charge is 0.252 e. The molecule has 0 aliphatic rings. The number of carbonyl (C=O) groups excluding carboxylic acids is 2. The maximum Gasteiger partial charge on any atom is 0.252 e. The van der Waals surface area contributed by atoms with Crippen LogP contribution in [-0.4, -0.2) is 57.3 Å². The van der Waals surface area contributed by atoms with Crippen LogP contribution in [0, 0.1) is 5.82 Å². The number of amides is 2. The van der Waals surface area contributed by atoms with Gasteiger partial charge in [-0.3, -0.25) is 9.59 Å². The monoisotopic (exact) mass is 460 g/mol. The Morgan fingerprint density at radius 3 is 2.56 bits per heavy atom. The number of H-pyrrole nitrogens is 1. The molecule has 0 aromatic carbocycles. The molecule has 170 valence electrons. The summed E-state index contributed by atoms with van der Waals surface area (Å²) < 4.78 is 15.0. The van der Waals surface area contributed by atoms with E-state index < -0.39 is 11.7 Å². The molecule has 3 aromatic rings. The van der Waals surface area contributed by atoms with Crippen LogP contribution in [-0.2, 0) is 4.79 Å². The number of pyridine rings is 2. The molecule has 1 atom stereocenters. The van der Waals surface area contributed by atoms with Gasteiger partial charge >= 0.3 is 0 Å². The van der Waals surface area contributed by atoms with Gasteiger partial charge in [-0.15, -0.1) is 0 Å². The second-order valence-electron chi connectivity index (χ2n) is 8.06. The molecule has 0 saturated heterocycles. The van der Waals surface area contributed by atoms with E-state index in [1.54, 1.807) is 29.1 Å². The Labute approximate surface area is 190 Å². The van der Waals surface area contributed by atoms with E-state index in [2.05, 4.69) is 15.0 Å². The summed E-state index contributed by atoms with van der Waals surface area (Å²) in [4.78, 5) is 39.2. The summed E-state index contributed by atoms with van der Waals surface area (Å²) in [6, 6.07) is 2.55. The Kier molecular flexibility index (Phi) is 6.68. The van der Waals surface area contributed by atoms with E-state index in [0.29, 0.717) is 28.2 Å². The number of fused-ring (bicyclic) bond motifs is 1. The second-order valence-corrected chi connectivity index (χ2v) is 8.49. The van der Waals surface area contributed by atoms with Crippen molar-refractivity contribution in [3.63, 3.8) is 0 Å². The third-order valence-corrected chi connectivity index (χ3v) is 5.48. The van der Waals surface area contributed by atoms with Crippen molar-refractivity contribution in [1.82, 2.24) is 19.9 Å². The quantitative estimate of drug-likeness (QED) is 0.560. The topological polar surface area (TPSA) is 108 Å². The van der Waals surface area contributed by atoms with Gasteiger partial charge in [-0.2, -0.15) is 0 Å². The molecular weight excluding hydrogens is 435 g/mol. The standard InChI is InChI=1S/C22H26ClFN6O2/c1-11(2)30(13(4)31)12(3)10-29(5)22-16(20(25)32)7-18(24)19(28-22)17-9-27-21-15(17)6-14(23)8-26-21/h6-9,11-12H,10H2,1-5H3,(H2,25,32)(H,26,27)/t12-/m0/s1. The van der Waals surface area contributed by atoms with Crippen molar-refractivity contribution >= 4 is 40.3 Å². The zero-order valence-electron chi connectivity index (χ0n) is 18.6. The summed E-state index contributed by atoms with van der Waals surface area (Å²) in [6.07, 6.45) is 3.08. The number of likely N-dealkylation sites (N-methyl/N-ethyl adjacent to an activating group) is 1. The summed E-state index contributed by atoms with van der Waals surface area (Å²) in [7, 11) is 1.72. The number of nitrogens with one attached hydrogen (secondary N) is 1. The Hall–Kier alpha value is -3.20. The number of halogens is 2. The summed E-state index contributed by atoms with van der Waals surface area (Å²) >= 11 is 6.07. The Morgan fingerprint density at radius 1 is 1.28 bits per heavy atom. The van der Waals surface area contributed by atoms with Crippen molar-refractivity contribution in [2.45, 2.75) is 39.8 Å². The van der Waals surface area contributed by atoms with Crippen LogP contribution in [0.4, 0.5) is 10.2 Å². The molecule has 2 amide bonds. The largest absolute Gasteiger partial charge is 0.365 e. The number of aromatic nitrogens is 3. The number of rotatable bonds is 7. The molecule has 3 N–H and O–H groups in total. The molecule has 3 rings (SSSR count). The average Bonchev–Trinajstić information content (AvgIpc) is 3.09. The fourth-order valence-corrected chi connectivity index (χ4v) is 4.23. The minimum absolute atomic E-state index is 0.00767. The highest BCUT2D eigenvalue weighted by Gasteiger charge is 2.25. The van der Waals surface area contributed by atoms with Gasteiger partial charge in [-0.25, -0.2) is 14.4 Å². The molecule has 0 radical (unpaired) electrons. The normalized spacial score (nSPS) is 12.2. The molecule has 0 spiro atoms. The SMILES string of the molecule is CC(=O)N(C(C)C)[C@@H](C)CN(C)c1nc(-c2c[nH]c3ncc(Cl)cc23)c(F)cc1C(N)=O. The first-order valence-electron chi connectivity index (χ1n) is 10.1. The van der Waals surface area contributed by atoms with Crippen LogP contribution in [0.25, 0.3) is 22.3 Å². The molecule has 0 saturated carbocycles. The molecule has 3 heterocycles. The van der Waals surface area contributed by atoms with Crippen LogP contribution in [0.15, 0.2) is 24.5 Å². The molecular formula is C22H26ClFN6O2. The Bertz CT molecular complexity index is 1180. The molecule has 0 aliphatic carbocycles. The van der Waals surface area contributed by atoms with Crippen LogP contribution < -0.4 is 10.6 Å². The highest BCUT2D eigenvalue weighted by atomic mass is 35.5. The van der Waals surface area contributed by atoms with E-state index in [1.807, 2.05) is 20.8 Å². The number of primary amides is 1. The van der Waals surface area contributed by atoms with Crippen molar-refractivity contribution in [2.24, 2.45) is 5.73 Å². The van der Waals surface area contributed by atoms with Gasteiger partial charge in [-0.1, -0.05) is 11.6 Å². The number of aromatic amines is 1. The molecule has 8 nitrogen and oxygen atoms in total. The van der Waals surface area contributed by atoms with Crippen LogP contribution >= 0.6 is 11.6 Å². The molecule has 0 aliphatic heterocycles. The predicted molar refractivity (Wildman–Crippen MR) is 123 cm³/mol. The van der Waals surface area contributed by atoms with E-state index in [4.69, 9.17) is 17.3 Å². The predicted octanol–water partition coefficient (Wildman–Crippen LogP) is 3.60. The number of carbonyl (C=O) groups is 2. The maximum atomic E-state index is 15.0. The molecule has 32 heavy (non-hydrogen) atoms. The van der Waals surface area contributed by atoms with Crippen molar-refractivity contribution in [2.75, 3.05) is 18.5 Å². The number of nitrogens with zero attached hydrogens (tertiary/aromatic N) is 4. The van der Waals surface area contributed by atoms with Crippen molar-refractivity contribution < 1.29 is 14.0 Å². The lowest BCUT2D eigenvalue weighted by Gasteiger charge is -2.35. The second kappa shape index (κ2) is 9.12. The van der Waals surface area contributed by atoms with Gasteiger partial charge in [0, 0.05) is 55.9 Å². The zero-order chi connectivity index (χ0) is 23.7. The van der Waals surface area contributed by atoms with Crippen LogP contribution in [0.1, 0.15) is 38.1 Å². The van der Waals surface area contributed by atoms with Crippen LogP contribution in [0.2, 0.25) is 5.02 Å². The summed E-state index contributed by atoms with van der Waals surface area (Å²) in [5.41, 5.74) is 6.49. The first kappa shape index (κ1) is 23.5. The first-order chi connectivity index (χ1) is 15.0. The van der Waals surface area contributed by atoms with Gasteiger partial charge in [0.15, 0.2) is 5.82 Å². The van der Waals surface area contributed by atoms with Gasteiger partial charge in [0.2, 0.25) is 5.91 Å². The third-order valence-electron chi connectivity index (χ3n) is 5.27. The molecule has 0 unspecified atom stereocenters. The lowest BCUT2D eigenvalue weighted by molar-refractivity contribution is -0.132. The number of hydrogen-bond donors (Lipinski definition) is 2. The number of anilines is 1. The van der Waals surface area contributed by atoms with Gasteiger partial charge in [0.05, 0.1) is 10.6 Å². The van der Waals surface area contributed by atoms with Crippen molar-refractivity contribution in [1.29, 1.82) is 0 Å². The molecule has 10 heteroatoms. The highest BCUT2D eigenvalue weighted by molar-refractivity contribution is 6.31. The van der Waals surface area contributed by atoms with Crippen molar-refractivity contribution in [3.8, 4) is 11.3 Å². The minimum atomic E-state index is -0.798. The fraction of sp³-hybridized carbons (Fsp3) is 0.364. The number of hydrogen-bond acceptors (Lipinski definition) is 5. The summed E-state index contributed by atoms with van der Waals surface area (Å²) in [5.74, 6) is -1.34. The third kappa shape index (κ3) is 4.52. The van der Waals surface area contributed by atoms with Crippen LogP contribution in [0.3, 0.4) is 0 Å².